The lowest BCUT2D eigenvalue weighted by atomic mass is 10.0. The zero-order valence-electron chi connectivity index (χ0n) is 14.1. The van der Waals surface area contributed by atoms with Crippen molar-refractivity contribution in [3.63, 3.8) is 0 Å². The van der Waals surface area contributed by atoms with Crippen molar-refractivity contribution in [3.05, 3.63) is 76.3 Å². The molecule has 0 aliphatic carbocycles. The molecule has 3 rings (SSSR count). The summed E-state index contributed by atoms with van der Waals surface area (Å²) in [6, 6.07) is 16.1. The van der Waals surface area contributed by atoms with E-state index in [0.29, 0.717) is 12.2 Å². The number of methoxy groups -OCH3 is 1. The predicted octanol–water partition coefficient (Wildman–Crippen LogP) is 4.11. The molecular formula is C20H17ClN2O3. The van der Waals surface area contributed by atoms with E-state index in [1.165, 1.54) is 18.2 Å². The normalized spacial score (nSPS) is 11.2. The van der Waals surface area contributed by atoms with Gasteiger partial charge in [-0.25, -0.2) is 5.43 Å². The van der Waals surface area contributed by atoms with Gasteiger partial charge in [0.15, 0.2) is 0 Å². The smallest absolute Gasteiger partial charge is 0.271 e. The largest absolute Gasteiger partial charge is 0.506 e. The summed E-state index contributed by atoms with van der Waals surface area (Å²) in [7, 11) is 1.66. The Labute approximate surface area is 155 Å². The number of carbonyl (C=O) groups excluding carboxylic acids is 1. The molecule has 3 aromatic rings. The van der Waals surface area contributed by atoms with E-state index < -0.39 is 5.91 Å². The molecule has 0 heterocycles. The summed E-state index contributed by atoms with van der Waals surface area (Å²) >= 11 is 5.82. The quantitative estimate of drug-likeness (QED) is 0.526. The van der Waals surface area contributed by atoms with Gasteiger partial charge in [-0.1, -0.05) is 48.0 Å². The minimum absolute atomic E-state index is 0.0747. The minimum atomic E-state index is -0.413. The summed E-state index contributed by atoms with van der Waals surface area (Å²) in [4.78, 5) is 12.1. The van der Waals surface area contributed by atoms with Gasteiger partial charge in [-0.05, 0) is 34.5 Å². The zero-order valence-corrected chi connectivity index (χ0v) is 14.8. The van der Waals surface area contributed by atoms with Crippen LogP contribution in [0.4, 0.5) is 0 Å². The van der Waals surface area contributed by atoms with Crippen molar-refractivity contribution in [1.82, 2.24) is 5.43 Å². The lowest BCUT2D eigenvalue weighted by Gasteiger charge is -2.08. The molecule has 2 N–H and O–H groups in total. The summed E-state index contributed by atoms with van der Waals surface area (Å²) in [5, 5.41) is 15.7. The third kappa shape index (κ3) is 3.85. The number of hydrazone groups is 1. The molecule has 0 fully saturated rings. The first kappa shape index (κ1) is 17.9. The number of halogens is 1. The van der Waals surface area contributed by atoms with Gasteiger partial charge in [0, 0.05) is 18.2 Å². The van der Waals surface area contributed by atoms with Crippen LogP contribution in [0.2, 0.25) is 5.02 Å². The van der Waals surface area contributed by atoms with Gasteiger partial charge in [0.05, 0.1) is 17.8 Å². The summed E-state index contributed by atoms with van der Waals surface area (Å²) in [6.45, 7) is 0.524. The van der Waals surface area contributed by atoms with E-state index >= 15 is 0 Å². The van der Waals surface area contributed by atoms with Gasteiger partial charge in [0.2, 0.25) is 0 Å². The molecule has 0 saturated heterocycles. The molecule has 132 valence electrons. The number of hydrogen-bond acceptors (Lipinski definition) is 4. The number of nitrogens with zero attached hydrogens (tertiary/aromatic N) is 1. The average molecular weight is 369 g/mol. The Morgan fingerprint density at radius 2 is 1.96 bits per heavy atom. The van der Waals surface area contributed by atoms with Gasteiger partial charge in [0.25, 0.3) is 5.91 Å². The molecule has 0 aliphatic rings. The molecule has 1 amide bonds. The highest BCUT2D eigenvalue weighted by Gasteiger charge is 2.08. The first-order valence-electron chi connectivity index (χ1n) is 7.91. The predicted molar refractivity (Wildman–Crippen MR) is 103 cm³/mol. The number of rotatable bonds is 5. The molecule has 3 aromatic carbocycles. The summed E-state index contributed by atoms with van der Waals surface area (Å²) in [6.07, 6.45) is 1.60. The number of benzene rings is 3. The standard InChI is InChI=1S/C20H17ClN2O3/c1-26-12-15-7-6-14(16-4-2-3-5-17(15)16)11-22-23-20(25)13-8-9-19(24)18(21)10-13/h2-11,24H,12H2,1H3,(H,23,25)/b22-11+. The van der Waals surface area contributed by atoms with Gasteiger partial charge in [-0.15, -0.1) is 0 Å². The average Bonchev–Trinajstić information content (AvgIpc) is 2.65. The summed E-state index contributed by atoms with van der Waals surface area (Å²) in [5.74, 6) is -0.488. The second-order valence-corrected chi connectivity index (χ2v) is 6.07. The number of carbonyl (C=O) groups is 1. The maximum Gasteiger partial charge on any atom is 0.271 e. The van der Waals surface area contributed by atoms with E-state index in [-0.39, 0.29) is 10.8 Å². The molecule has 0 spiro atoms. The second kappa shape index (κ2) is 7.99. The number of aromatic hydroxyl groups is 1. The minimum Gasteiger partial charge on any atom is -0.506 e. The van der Waals surface area contributed by atoms with Crippen molar-refractivity contribution in [3.8, 4) is 5.75 Å². The summed E-state index contributed by atoms with van der Waals surface area (Å²) < 4.78 is 5.24. The number of ether oxygens (including phenoxy) is 1. The van der Waals surface area contributed by atoms with E-state index in [1.807, 2.05) is 36.4 Å². The number of hydrogen-bond donors (Lipinski definition) is 2. The number of phenols is 1. The second-order valence-electron chi connectivity index (χ2n) is 5.66. The molecule has 0 unspecified atom stereocenters. The Hall–Kier alpha value is -2.89. The fourth-order valence-corrected chi connectivity index (χ4v) is 2.83. The molecule has 0 saturated carbocycles. The topological polar surface area (TPSA) is 70.9 Å². The molecule has 0 aliphatic heterocycles. The van der Waals surface area contributed by atoms with Gasteiger partial charge in [-0.2, -0.15) is 5.10 Å². The van der Waals surface area contributed by atoms with Crippen molar-refractivity contribution in [2.24, 2.45) is 5.10 Å². The molecule has 0 bridgehead atoms. The third-order valence-corrected chi connectivity index (χ3v) is 4.23. The SMILES string of the molecule is COCc1ccc(/C=N/NC(=O)c2ccc(O)c(Cl)c2)c2ccccc12. The number of nitrogens with one attached hydrogen (secondary N) is 1. The highest BCUT2D eigenvalue weighted by atomic mass is 35.5. The fraction of sp³-hybridized carbons (Fsp3) is 0.100. The van der Waals surface area contributed by atoms with Crippen LogP contribution in [0.5, 0.6) is 5.75 Å². The maximum absolute atomic E-state index is 12.1. The molecular weight excluding hydrogens is 352 g/mol. The van der Waals surface area contributed by atoms with E-state index in [4.69, 9.17) is 16.3 Å². The van der Waals surface area contributed by atoms with Gasteiger partial charge < -0.3 is 9.84 Å². The van der Waals surface area contributed by atoms with Crippen LogP contribution in [0.15, 0.2) is 59.7 Å². The monoisotopic (exact) mass is 368 g/mol. The van der Waals surface area contributed by atoms with Gasteiger partial charge >= 0.3 is 0 Å². The highest BCUT2D eigenvalue weighted by Crippen LogP contribution is 2.24. The van der Waals surface area contributed by atoms with Crippen molar-refractivity contribution < 1.29 is 14.6 Å². The summed E-state index contributed by atoms with van der Waals surface area (Å²) in [5.41, 5.74) is 4.74. The first-order valence-corrected chi connectivity index (χ1v) is 8.29. The number of phenolic OH excluding ortho intramolecular Hbond substituents is 1. The van der Waals surface area contributed by atoms with Gasteiger partial charge in [-0.3, -0.25) is 4.79 Å². The van der Waals surface area contributed by atoms with Crippen molar-refractivity contribution in [1.29, 1.82) is 0 Å². The lowest BCUT2D eigenvalue weighted by Crippen LogP contribution is -2.17. The van der Waals surface area contributed by atoms with Crippen LogP contribution < -0.4 is 5.43 Å². The van der Waals surface area contributed by atoms with Crippen LogP contribution in [0.25, 0.3) is 10.8 Å². The van der Waals surface area contributed by atoms with E-state index in [1.54, 1.807) is 13.3 Å². The Morgan fingerprint density at radius 1 is 1.19 bits per heavy atom. The zero-order chi connectivity index (χ0) is 18.5. The Kier molecular flexibility index (Phi) is 5.51. The Bertz CT molecular complexity index is 986. The van der Waals surface area contributed by atoms with Crippen LogP contribution in [-0.4, -0.2) is 24.3 Å². The van der Waals surface area contributed by atoms with Crippen molar-refractivity contribution in [2.75, 3.05) is 7.11 Å². The van der Waals surface area contributed by atoms with Crippen molar-refractivity contribution >= 4 is 34.5 Å². The molecule has 26 heavy (non-hydrogen) atoms. The Morgan fingerprint density at radius 3 is 2.69 bits per heavy atom. The molecule has 6 heteroatoms. The van der Waals surface area contributed by atoms with E-state index in [2.05, 4.69) is 10.5 Å². The first-order chi connectivity index (χ1) is 12.6. The molecule has 0 radical (unpaired) electrons. The third-order valence-electron chi connectivity index (χ3n) is 3.93. The van der Waals surface area contributed by atoms with Crippen molar-refractivity contribution in [2.45, 2.75) is 6.61 Å². The highest BCUT2D eigenvalue weighted by molar-refractivity contribution is 6.32. The molecule has 0 atom stereocenters. The van der Waals surface area contributed by atoms with Crippen LogP contribution in [0, 0.1) is 0 Å². The van der Waals surface area contributed by atoms with E-state index in [0.717, 1.165) is 21.9 Å². The van der Waals surface area contributed by atoms with E-state index in [9.17, 15) is 9.90 Å². The van der Waals surface area contributed by atoms with Crippen LogP contribution in [-0.2, 0) is 11.3 Å². The molecule has 0 aromatic heterocycles. The maximum atomic E-state index is 12.1. The van der Waals surface area contributed by atoms with Gasteiger partial charge in [0.1, 0.15) is 5.75 Å². The van der Waals surface area contributed by atoms with Crippen LogP contribution in [0.3, 0.4) is 0 Å². The molecule has 5 nitrogen and oxygen atoms in total. The van der Waals surface area contributed by atoms with Crippen LogP contribution >= 0.6 is 11.6 Å². The number of amides is 1. The fourth-order valence-electron chi connectivity index (χ4n) is 2.65. The number of fused-ring (bicyclic) bond motifs is 1. The lowest BCUT2D eigenvalue weighted by molar-refractivity contribution is 0.0955. The Balaban J connectivity index is 1.81. The van der Waals surface area contributed by atoms with Crippen LogP contribution in [0.1, 0.15) is 21.5 Å².